The van der Waals surface area contributed by atoms with Gasteiger partial charge in [0.05, 0.1) is 5.56 Å². The van der Waals surface area contributed by atoms with Crippen LogP contribution < -0.4 is 4.72 Å². The van der Waals surface area contributed by atoms with E-state index in [1.54, 1.807) is 0 Å². The normalized spacial score (nSPS) is 13.8. The summed E-state index contributed by atoms with van der Waals surface area (Å²) in [6.07, 6.45) is 0. The van der Waals surface area contributed by atoms with Crippen molar-refractivity contribution >= 4 is 27.3 Å². The number of carbonyl (C=O) groups is 1. The molecule has 1 rings (SSSR count). The van der Waals surface area contributed by atoms with Crippen molar-refractivity contribution in [3.8, 4) is 0 Å². The first-order valence-corrected chi connectivity index (χ1v) is 7.58. The molecule has 0 bridgehead atoms. The van der Waals surface area contributed by atoms with Crippen molar-refractivity contribution in [3.63, 3.8) is 0 Å². The molecule has 0 saturated heterocycles. The van der Waals surface area contributed by atoms with Gasteiger partial charge in [-0.1, -0.05) is 0 Å². The number of hydrogen-bond donors (Lipinski definition) is 2. The molecule has 0 aliphatic rings. The van der Waals surface area contributed by atoms with Crippen LogP contribution in [0.2, 0.25) is 0 Å². The lowest BCUT2D eigenvalue weighted by Gasteiger charge is -2.19. The Morgan fingerprint density at radius 1 is 1.56 bits per heavy atom. The van der Waals surface area contributed by atoms with Gasteiger partial charge in [0, 0.05) is 18.0 Å². The minimum absolute atomic E-state index is 0.0129. The van der Waals surface area contributed by atoms with Gasteiger partial charge in [-0.05, 0) is 27.1 Å². The van der Waals surface area contributed by atoms with Gasteiger partial charge in [0.1, 0.15) is 4.21 Å². The van der Waals surface area contributed by atoms with Crippen LogP contribution in [0.1, 0.15) is 17.3 Å². The molecule has 0 spiro atoms. The molecular weight excluding hydrogens is 276 g/mol. The molecule has 18 heavy (non-hydrogen) atoms. The second-order valence-corrected chi connectivity index (χ2v) is 7.03. The third-order valence-corrected chi connectivity index (χ3v) is 5.40. The summed E-state index contributed by atoms with van der Waals surface area (Å²) in [6, 6.07) is 1.22. The SMILES string of the molecule is CC(CNS(=O)(=O)c1cc(C(=O)O)cs1)N(C)C. The van der Waals surface area contributed by atoms with E-state index in [0.29, 0.717) is 0 Å². The molecule has 0 fully saturated rings. The van der Waals surface area contributed by atoms with Gasteiger partial charge in [-0.3, -0.25) is 0 Å². The van der Waals surface area contributed by atoms with Crippen molar-refractivity contribution in [2.75, 3.05) is 20.6 Å². The fraction of sp³-hybridized carbons (Fsp3) is 0.500. The standard InChI is InChI=1S/C10H16N2O4S2/c1-7(12(2)3)5-11-18(15,16)9-4-8(6-17-9)10(13)14/h4,6-7,11H,5H2,1-3H3,(H,13,14). The van der Waals surface area contributed by atoms with Crippen LogP contribution >= 0.6 is 11.3 Å². The molecule has 1 unspecified atom stereocenters. The number of nitrogens with one attached hydrogen (secondary N) is 1. The molecule has 1 heterocycles. The van der Waals surface area contributed by atoms with E-state index in [1.165, 1.54) is 5.38 Å². The van der Waals surface area contributed by atoms with E-state index in [-0.39, 0.29) is 22.4 Å². The van der Waals surface area contributed by atoms with E-state index in [4.69, 9.17) is 5.11 Å². The summed E-state index contributed by atoms with van der Waals surface area (Å²) < 4.78 is 26.2. The summed E-state index contributed by atoms with van der Waals surface area (Å²) in [5, 5.41) is 10.1. The average molecular weight is 292 g/mol. The second kappa shape index (κ2) is 5.79. The first kappa shape index (κ1) is 15.1. The van der Waals surface area contributed by atoms with Gasteiger partial charge in [0.2, 0.25) is 10.0 Å². The number of carboxylic acid groups (broad SMARTS) is 1. The van der Waals surface area contributed by atoms with Crippen LogP contribution in [0.4, 0.5) is 0 Å². The largest absolute Gasteiger partial charge is 0.478 e. The Balaban J connectivity index is 2.77. The lowest BCUT2D eigenvalue weighted by Crippen LogP contribution is -2.37. The molecule has 1 aromatic rings. The highest BCUT2D eigenvalue weighted by molar-refractivity contribution is 7.91. The van der Waals surface area contributed by atoms with Crippen LogP contribution in [-0.2, 0) is 10.0 Å². The molecule has 0 amide bonds. The number of aromatic carboxylic acids is 1. The highest BCUT2D eigenvalue weighted by atomic mass is 32.2. The number of sulfonamides is 1. The van der Waals surface area contributed by atoms with Crippen LogP contribution in [0.25, 0.3) is 0 Å². The van der Waals surface area contributed by atoms with Crippen LogP contribution in [-0.4, -0.2) is 51.1 Å². The zero-order chi connectivity index (χ0) is 13.9. The van der Waals surface area contributed by atoms with Crippen molar-refractivity contribution in [2.45, 2.75) is 17.2 Å². The molecule has 6 nitrogen and oxygen atoms in total. The van der Waals surface area contributed by atoms with Gasteiger partial charge in [0.25, 0.3) is 0 Å². The Kier molecular flexibility index (Phi) is 4.85. The molecule has 0 aliphatic carbocycles. The Morgan fingerprint density at radius 3 is 2.61 bits per heavy atom. The minimum Gasteiger partial charge on any atom is -0.478 e. The fourth-order valence-corrected chi connectivity index (χ4v) is 3.37. The first-order valence-electron chi connectivity index (χ1n) is 5.22. The highest BCUT2D eigenvalue weighted by Crippen LogP contribution is 2.20. The number of thiophene rings is 1. The van der Waals surface area contributed by atoms with Crippen molar-refractivity contribution in [1.29, 1.82) is 0 Å². The molecule has 0 aromatic carbocycles. The molecule has 0 radical (unpaired) electrons. The van der Waals surface area contributed by atoms with Crippen molar-refractivity contribution < 1.29 is 18.3 Å². The summed E-state index contributed by atoms with van der Waals surface area (Å²) >= 11 is 0.900. The molecule has 2 N–H and O–H groups in total. The lowest BCUT2D eigenvalue weighted by molar-refractivity contribution is 0.0697. The van der Waals surface area contributed by atoms with Gasteiger partial charge in [-0.15, -0.1) is 11.3 Å². The summed E-state index contributed by atoms with van der Waals surface area (Å²) in [6.45, 7) is 2.16. The Hall–Kier alpha value is -0.960. The number of hydrogen-bond acceptors (Lipinski definition) is 5. The average Bonchev–Trinajstić information content (AvgIpc) is 2.75. The predicted molar refractivity (Wildman–Crippen MR) is 69.6 cm³/mol. The van der Waals surface area contributed by atoms with Crippen LogP contribution in [0, 0.1) is 0 Å². The van der Waals surface area contributed by atoms with Gasteiger partial charge < -0.3 is 10.0 Å². The first-order chi connectivity index (χ1) is 8.24. The maximum atomic E-state index is 11.9. The summed E-state index contributed by atoms with van der Waals surface area (Å²) in [5.41, 5.74) is -0.0129. The van der Waals surface area contributed by atoms with Crippen LogP contribution in [0.3, 0.4) is 0 Å². The van der Waals surface area contributed by atoms with Crippen molar-refractivity contribution in [1.82, 2.24) is 9.62 Å². The van der Waals surface area contributed by atoms with Gasteiger partial charge in [0.15, 0.2) is 0 Å². The number of nitrogens with zero attached hydrogens (tertiary/aromatic N) is 1. The van der Waals surface area contributed by atoms with E-state index in [9.17, 15) is 13.2 Å². The third-order valence-electron chi connectivity index (χ3n) is 2.54. The third kappa shape index (κ3) is 3.77. The van der Waals surface area contributed by atoms with E-state index in [2.05, 4.69) is 4.72 Å². The molecule has 0 saturated carbocycles. The van der Waals surface area contributed by atoms with E-state index in [1.807, 2.05) is 25.9 Å². The molecule has 1 aromatic heterocycles. The predicted octanol–water partition coefficient (Wildman–Crippen LogP) is 0.675. The maximum Gasteiger partial charge on any atom is 0.336 e. The number of carboxylic acids is 1. The Labute approximate surface area is 110 Å². The van der Waals surface area contributed by atoms with Gasteiger partial charge >= 0.3 is 5.97 Å². The Bertz CT molecular complexity index is 522. The minimum atomic E-state index is -3.62. The van der Waals surface area contributed by atoms with Crippen LogP contribution in [0.5, 0.6) is 0 Å². The zero-order valence-electron chi connectivity index (χ0n) is 10.4. The topological polar surface area (TPSA) is 86.7 Å². The fourth-order valence-electron chi connectivity index (χ4n) is 1.05. The molecule has 8 heteroatoms. The van der Waals surface area contributed by atoms with Crippen LogP contribution in [0.15, 0.2) is 15.7 Å². The highest BCUT2D eigenvalue weighted by Gasteiger charge is 2.19. The number of rotatable bonds is 6. The molecule has 1 atom stereocenters. The van der Waals surface area contributed by atoms with Gasteiger partial charge in [-0.25, -0.2) is 17.9 Å². The zero-order valence-corrected chi connectivity index (χ0v) is 12.0. The second-order valence-electron chi connectivity index (χ2n) is 4.12. The molecule has 0 aliphatic heterocycles. The smallest absolute Gasteiger partial charge is 0.336 e. The van der Waals surface area contributed by atoms with Crippen molar-refractivity contribution in [3.05, 3.63) is 17.0 Å². The summed E-state index contributed by atoms with van der Waals surface area (Å²) in [4.78, 5) is 12.6. The molecular formula is C10H16N2O4S2. The van der Waals surface area contributed by atoms with E-state index in [0.717, 1.165) is 17.4 Å². The monoisotopic (exact) mass is 292 g/mol. The summed E-state index contributed by atoms with van der Waals surface area (Å²) in [7, 11) is 0.0846. The Morgan fingerprint density at radius 2 is 2.17 bits per heavy atom. The maximum absolute atomic E-state index is 11.9. The number of likely N-dealkylation sites (N-methyl/N-ethyl adjacent to an activating group) is 1. The summed E-state index contributed by atoms with van der Waals surface area (Å²) in [5.74, 6) is -1.13. The van der Waals surface area contributed by atoms with Crippen molar-refractivity contribution in [2.24, 2.45) is 0 Å². The van der Waals surface area contributed by atoms with E-state index < -0.39 is 16.0 Å². The van der Waals surface area contributed by atoms with Gasteiger partial charge in [-0.2, -0.15) is 0 Å². The lowest BCUT2D eigenvalue weighted by atomic mass is 10.3. The quantitative estimate of drug-likeness (QED) is 0.805. The molecule has 102 valence electrons. The van der Waals surface area contributed by atoms with E-state index >= 15 is 0 Å².